The zero-order valence-electron chi connectivity index (χ0n) is 12.5. The van der Waals surface area contributed by atoms with Gasteiger partial charge in [-0.05, 0) is 6.92 Å². The van der Waals surface area contributed by atoms with Gasteiger partial charge in [-0.1, -0.05) is 11.8 Å². The number of hydrogen-bond acceptors (Lipinski definition) is 7. The maximum atomic E-state index is 11.5. The topological polar surface area (TPSA) is 84.1 Å². The third kappa shape index (κ3) is 3.02. The van der Waals surface area contributed by atoms with Crippen molar-refractivity contribution in [3.63, 3.8) is 0 Å². The van der Waals surface area contributed by atoms with E-state index in [0.29, 0.717) is 16.9 Å². The quantitative estimate of drug-likeness (QED) is 0.598. The fourth-order valence-corrected chi connectivity index (χ4v) is 2.64. The van der Waals surface area contributed by atoms with E-state index in [2.05, 4.69) is 15.3 Å². The van der Waals surface area contributed by atoms with Crippen molar-refractivity contribution in [2.24, 2.45) is 14.1 Å². The van der Waals surface area contributed by atoms with Crippen LogP contribution in [0.25, 0.3) is 11.4 Å². The fraction of sp³-hybridized carbons (Fsp3) is 0.500. The van der Waals surface area contributed by atoms with Crippen LogP contribution in [0.2, 0.25) is 0 Å². The SMILES string of the molecule is COC(=O)C(C)Sc1nnc(-c2cn(C)nc2OC)n1C. The van der Waals surface area contributed by atoms with E-state index in [-0.39, 0.29) is 11.2 Å². The monoisotopic (exact) mass is 311 g/mol. The zero-order valence-corrected chi connectivity index (χ0v) is 13.3. The highest BCUT2D eigenvalue weighted by atomic mass is 32.2. The van der Waals surface area contributed by atoms with Crippen LogP contribution < -0.4 is 4.74 Å². The summed E-state index contributed by atoms with van der Waals surface area (Å²) in [6, 6.07) is 0. The number of ether oxygens (including phenoxy) is 2. The number of rotatable bonds is 5. The minimum atomic E-state index is -0.360. The first-order chi connectivity index (χ1) is 9.97. The van der Waals surface area contributed by atoms with Gasteiger partial charge in [0.05, 0.1) is 14.2 Å². The normalized spacial score (nSPS) is 12.2. The molecule has 0 fully saturated rings. The third-order valence-electron chi connectivity index (χ3n) is 2.88. The van der Waals surface area contributed by atoms with Gasteiger partial charge in [-0.2, -0.15) is 0 Å². The molecular weight excluding hydrogens is 294 g/mol. The van der Waals surface area contributed by atoms with Crippen LogP contribution in [0.5, 0.6) is 5.88 Å². The zero-order chi connectivity index (χ0) is 15.6. The van der Waals surface area contributed by atoms with Gasteiger partial charge in [0.25, 0.3) is 0 Å². The second kappa shape index (κ2) is 6.17. The lowest BCUT2D eigenvalue weighted by Gasteiger charge is -2.08. The molecule has 0 saturated heterocycles. The minimum Gasteiger partial charge on any atom is -0.479 e. The molecule has 2 aromatic heterocycles. The Morgan fingerprint density at radius 1 is 1.33 bits per heavy atom. The van der Waals surface area contributed by atoms with Crippen LogP contribution in [0.1, 0.15) is 6.92 Å². The van der Waals surface area contributed by atoms with Crippen LogP contribution in [-0.4, -0.2) is 50.0 Å². The first-order valence-corrected chi connectivity index (χ1v) is 7.07. The molecule has 9 heteroatoms. The van der Waals surface area contributed by atoms with Gasteiger partial charge in [-0.15, -0.1) is 15.3 Å². The maximum absolute atomic E-state index is 11.5. The summed E-state index contributed by atoms with van der Waals surface area (Å²) >= 11 is 1.29. The molecule has 0 amide bonds. The smallest absolute Gasteiger partial charge is 0.318 e. The summed E-state index contributed by atoms with van der Waals surface area (Å²) in [4.78, 5) is 11.5. The average Bonchev–Trinajstić information content (AvgIpc) is 3.01. The van der Waals surface area contributed by atoms with E-state index in [1.807, 2.05) is 7.05 Å². The number of aryl methyl sites for hydroxylation is 1. The highest BCUT2D eigenvalue weighted by Crippen LogP contribution is 2.30. The van der Waals surface area contributed by atoms with Crippen molar-refractivity contribution in [1.29, 1.82) is 0 Å². The second-order valence-electron chi connectivity index (χ2n) is 4.37. The first-order valence-electron chi connectivity index (χ1n) is 6.19. The number of hydrogen-bond donors (Lipinski definition) is 0. The summed E-state index contributed by atoms with van der Waals surface area (Å²) in [5, 5.41) is 12.7. The predicted octanol–water partition coefficient (Wildman–Crippen LogP) is 0.878. The van der Waals surface area contributed by atoms with E-state index in [9.17, 15) is 4.79 Å². The molecule has 0 aliphatic rings. The Morgan fingerprint density at radius 3 is 2.67 bits per heavy atom. The number of methoxy groups -OCH3 is 2. The fourth-order valence-electron chi connectivity index (χ4n) is 1.80. The van der Waals surface area contributed by atoms with Crippen LogP contribution in [0, 0.1) is 0 Å². The van der Waals surface area contributed by atoms with Crippen LogP contribution in [-0.2, 0) is 23.6 Å². The largest absolute Gasteiger partial charge is 0.479 e. The van der Waals surface area contributed by atoms with Crippen molar-refractivity contribution in [3.05, 3.63) is 6.20 Å². The molecule has 0 aliphatic carbocycles. The van der Waals surface area contributed by atoms with Crippen LogP contribution in [0.3, 0.4) is 0 Å². The Bertz CT molecular complexity index is 651. The molecule has 114 valence electrons. The van der Waals surface area contributed by atoms with E-state index in [1.165, 1.54) is 18.9 Å². The van der Waals surface area contributed by atoms with Gasteiger partial charge >= 0.3 is 5.97 Å². The van der Waals surface area contributed by atoms with E-state index >= 15 is 0 Å². The first kappa shape index (κ1) is 15.4. The highest BCUT2D eigenvalue weighted by molar-refractivity contribution is 8.00. The summed E-state index contributed by atoms with van der Waals surface area (Å²) < 4.78 is 13.4. The van der Waals surface area contributed by atoms with Crippen molar-refractivity contribution in [2.75, 3.05) is 14.2 Å². The second-order valence-corrected chi connectivity index (χ2v) is 5.68. The standard InChI is InChI=1S/C12H17N5O3S/c1-7(11(18)20-5)21-12-14-13-9(17(12)3)8-6-16(2)15-10(8)19-4/h6-7H,1-5H3. The van der Waals surface area contributed by atoms with Crippen LogP contribution >= 0.6 is 11.8 Å². The Balaban J connectivity index is 2.30. The van der Waals surface area contributed by atoms with Crippen molar-refractivity contribution < 1.29 is 14.3 Å². The number of nitrogens with zero attached hydrogens (tertiary/aromatic N) is 5. The van der Waals surface area contributed by atoms with E-state index in [4.69, 9.17) is 9.47 Å². The summed E-state index contributed by atoms with van der Waals surface area (Å²) in [5.74, 6) is 0.800. The molecule has 1 unspecified atom stereocenters. The highest BCUT2D eigenvalue weighted by Gasteiger charge is 2.22. The Hall–Kier alpha value is -2.03. The van der Waals surface area contributed by atoms with Gasteiger partial charge in [0, 0.05) is 20.3 Å². The van der Waals surface area contributed by atoms with Gasteiger partial charge < -0.3 is 14.0 Å². The predicted molar refractivity (Wildman–Crippen MR) is 77.1 cm³/mol. The van der Waals surface area contributed by atoms with Gasteiger partial charge in [-0.3, -0.25) is 9.48 Å². The lowest BCUT2D eigenvalue weighted by atomic mass is 10.3. The number of aromatic nitrogens is 5. The Labute approximate surface area is 126 Å². The number of carbonyl (C=O) groups excluding carboxylic acids is 1. The molecule has 2 heterocycles. The van der Waals surface area contributed by atoms with Crippen molar-refractivity contribution in [1.82, 2.24) is 24.5 Å². The van der Waals surface area contributed by atoms with Gasteiger partial charge in [0.1, 0.15) is 10.8 Å². The summed E-state index contributed by atoms with van der Waals surface area (Å²) in [7, 11) is 6.55. The number of esters is 1. The van der Waals surface area contributed by atoms with Gasteiger partial charge in [0.2, 0.25) is 5.88 Å². The molecule has 0 saturated carbocycles. The number of thioether (sulfide) groups is 1. The summed E-state index contributed by atoms with van der Waals surface area (Å²) in [6.45, 7) is 1.76. The van der Waals surface area contributed by atoms with E-state index in [0.717, 1.165) is 5.56 Å². The Kier molecular flexibility index (Phi) is 4.51. The lowest BCUT2D eigenvalue weighted by Crippen LogP contribution is -2.15. The molecule has 0 bridgehead atoms. The molecule has 2 rings (SSSR count). The van der Waals surface area contributed by atoms with Crippen molar-refractivity contribution in [3.8, 4) is 17.3 Å². The average molecular weight is 311 g/mol. The maximum Gasteiger partial charge on any atom is 0.318 e. The van der Waals surface area contributed by atoms with Gasteiger partial charge in [-0.25, -0.2) is 0 Å². The molecule has 0 spiro atoms. The lowest BCUT2D eigenvalue weighted by molar-refractivity contribution is -0.139. The van der Waals surface area contributed by atoms with Crippen LogP contribution in [0.15, 0.2) is 11.4 Å². The third-order valence-corrected chi connectivity index (χ3v) is 3.99. The van der Waals surface area contributed by atoms with E-state index < -0.39 is 0 Å². The summed E-state index contributed by atoms with van der Waals surface area (Å²) in [5.41, 5.74) is 0.743. The van der Waals surface area contributed by atoms with Crippen LogP contribution in [0.4, 0.5) is 0 Å². The van der Waals surface area contributed by atoms with Crippen molar-refractivity contribution in [2.45, 2.75) is 17.3 Å². The molecule has 0 aromatic carbocycles. The van der Waals surface area contributed by atoms with Gasteiger partial charge in [0.15, 0.2) is 11.0 Å². The van der Waals surface area contributed by atoms with E-state index in [1.54, 1.807) is 36.5 Å². The summed E-state index contributed by atoms with van der Waals surface area (Å²) in [6.07, 6.45) is 1.81. The molecule has 0 radical (unpaired) electrons. The molecular formula is C12H17N5O3S. The molecule has 0 N–H and O–H groups in total. The number of carbonyl (C=O) groups is 1. The molecule has 0 aliphatic heterocycles. The molecule has 1 atom stereocenters. The minimum absolute atomic E-state index is 0.302. The molecule has 21 heavy (non-hydrogen) atoms. The Morgan fingerprint density at radius 2 is 2.05 bits per heavy atom. The molecule has 8 nitrogen and oxygen atoms in total. The molecule has 2 aromatic rings. The van der Waals surface area contributed by atoms with Crippen molar-refractivity contribution >= 4 is 17.7 Å².